The third kappa shape index (κ3) is 4.18. The molecule has 1 saturated heterocycles. The van der Waals surface area contributed by atoms with Crippen molar-refractivity contribution >= 4 is 16.8 Å². The molecule has 1 aliphatic rings. The van der Waals surface area contributed by atoms with Gasteiger partial charge in [0.25, 0.3) is 5.91 Å². The summed E-state index contributed by atoms with van der Waals surface area (Å²) in [5, 5.41) is 3.99. The van der Waals surface area contributed by atoms with Crippen LogP contribution in [-0.4, -0.2) is 59.7 Å². The molecule has 0 bridgehead atoms. The molecule has 3 heterocycles. The first-order valence-corrected chi connectivity index (χ1v) is 9.63. The SMILES string of the molecule is CC(CN1CCOCC1)NC(=O)c1cc(-c2ccccn2)nc2ccccc12. The van der Waals surface area contributed by atoms with Gasteiger partial charge in [-0.2, -0.15) is 0 Å². The van der Waals surface area contributed by atoms with Crippen LogP contribution in [0.5, 0.6) is 0 Å². The molecule has 144 valence electrons. The molecule has 0 spiro atoms. The molecule has 1 N–H and O–H groups in total. The lowest BCUT2D eigenvalue weighted by Gasteiger charge is -2.29. The molecule has 6 nitrogen and oxygen atoms in total. The summed E-state index contributed by atoms with van der Waals surface area (Å²) < 4.78 is 5.39. The molecule has 28 heavy (non-hydrogen) atoms. The van der Waals surface area contributed by atoms with Crippen molar-refractivity contribution in [3.05, 3.63) is 60.3 Å². The van der Waals surface area contributed by atoms with Crippen LogP contribution in [-0.2, 0) is 4.74 Å². The van der Waals surface area contributed by atoms with Crippen LogP contribution in [0.1, 0.15) is 17.3 Å². The number of nitrogens with zero attached hydrogens (tertiary/aromatic N) is 3. The number of rotatable bonds is 5. The topological polar surface area (TPSA) is 67.3 Å². The van der Waals surface area contributed by atoms with E-state index in [2.05, 4.69) is 15.2 Å². The summed E-state index contributed by atoms with van der Waals surface area (Å²) in [7, 11) is 0. The van der Waals surface area contributed by atoms with Gasteiger partial charge < -0.3 is 10.1 Å². The van der Waals surface area contributed by atoms with Crippen LogP contribution in [0.4, 0.5) is 0 Å². The lowest BCUT2D eigenvalue weighted by atomic mass is 10.1. The van der Waals surface area contributed by atoms with E-state index in [0.717, 1.165) is 49.4 Å². The number of aromatic nitrogens is 2. The number of ether oxygens (including phenoxy) is 1. The van der Waals surface area contributed by atoms with Crippen LogP contribution < -0.4 is 5.32 Å². The monoisotopic (exact) mass is 376 g/mol. The second-order valence-electron chi connectivity index (χ2n) is 7.07. The van der Waals surface area contributed by atoms with Gasteiger partial charge in [0.1, 0.15) is 0 Å². The number of amides is 1. The standard InChI is InChI=1S/C22H24N4O2/c1-16(15-26-10-12-28-13-11-26)24-22(27)18-14-21(20-8-4-5-9-23-20)25-19-7-3-2-6-17(18)19/h2-9,14,16H,10-13,15H2,1H3,(H,24,27). The summed E-state index contributed by atoms with van der Waals surface area (Å²) in [5.41, 5.74) is 2.87. The van der Waals surface area contributed by atoms with Crippen LogP contribution in [0.15, 0.2) is 54.7 Å². The van der Waals surface area contributed by atoms with Crippen LogP contribution >= 0.6 is 0 Å². The Labute approximate surface area is 164 Å². The molecule has 0 saturated carbocycles. The van der Waals surface area contributed by atoms with Gasteiger partial charge in [0.05, 0.1) is 35.7 Å². The van der Waals surface area contributed by atoms with E-state index in [1.807, 2.05) is 55.5 Å². The molecule has 2 aromatic heterocycles. The Bertz CT molecular complexity index is 955. The molecule has 0 radical (unpaired) electrons. The Balaban J connectivity index is 1.60. The predicted octanol–water partition coefficient (Wildman–Crippen LogP) is 2.75. The fourth-order valence-electron chi connectivity index (χ4n) is 3.53. The minimum Gasteiger partial charge on any atom is -0.379 e. The number of benzene rings is 1. The van der Waals surface area contributed by atoms with Crippen molar-refractivity contribution in [3.8, 4) is 11.4 Å². The molecule has 6 heteroatoms. The number of hydrogen-bond donors (Lipinski definition) is 1. The molecule has 4 rings (SSSR count). The summed E-state index contributed by atoms with van der Waals surface area (Å²) in [6, 6.07) is 15.3. The first kappa shape index (κ1) is 18.5. The quantitative estimate of drug-likeness (QED) is 0.742. The Hall–Kier alpha value is -2.83. The van der Waals surface area contributed by atoms with Gasteiger partial charge in [-0.25, -0.2) is 4.98 Å². The molecule has 0 aliphatic carbocycles. The summed E-state index contributed by atoms with van der Waals surface area (Å²) in [6.07, 6.45) is 1.73. The highest BCUT2D eigenvalue weighted by Gasteiger charge is 2.18. The summed E-state index contributed by atoms with van der Waals surface area (Å²) in [5.74, 6) is -0.0865. The van der Waals surface area contributed by atoms with Gasteiger partial charge >= 0.3 is 0 Å². The Morgan fingerprint density at radius 1 is 1.14 bits per heavy atom. The Kier molecular flexibility index (Phi) is 5.60. The molecule has 3 aromatic rings. The smallest absolute Gasteiger partial charge is 0.252 e. The van der Waals surface area contributed by atoms with Gasteiger partial charge in [0.15, 0.2) is 0 Å². The van der Waals surface area contributed by atoms with Crippen molar-refractivity contribution in [2.24, 2.45) is 0 Å². The summed E-state index contributed by atoms with van der Waals surface area (Å²) >= 11 is 0. The first-order valence-electron chi connectivity index (χ1n) is 9.63. The number of carbonyl (C=O) groups excluding carboxylic acids is 1. The molecule has 1 aromatic carbocycles. The van der Waals surface area contributed by atoms with Gasteiger partial charge in [-0.15, -0.1) is 0 Å². The number of nitrogens with one attached hydrogen (secondary N) is 1. The van der Waals surface area contributed by atoms with Gasteiger partial charge in [-0.1, -0.05) is 24.3 Å². The van der Waals surface area contributed by atoms with Gasteiger partial charge in [0.2, 0.25) is 0 Å². The van der Waals surface area contributed by atoms with Crippen molar-refractivity contribution in [3.63, 3.8) is 0 Å². The maximum Gasteiger partial charge on any atom is 0.252 e. The molecule has 1 aliphatic heterocycles. The minimum atomic E-state index is -0.0865. The third-order valence-electron chi connectivity index (χ3n) is 4.90. The van der Waals surface area contributed by atoms with E-state index in [1.54, 1.807) is 6.20 Å². The molecular weight excluding hydrogens is 352 g/mol. The van der Waals surface area contributed by atoms with Crippen molar-refractivity contribution < 1.29 is 9.53 Å². The highest BCUT2D eigenvalue weighted by atomic mass is 16.5. The lowest BCUT2D eigenvalue weighted by Crippen LogP contribution is -2.46. The van der Waals surface area contributed by atoms with E-state index in [1.165, 1.54) is 0 Å². The lowest BCUT2D eigenvalue weighted by molar-refractivity contribution is 0.0342. The van der Waals surface area contributed by atoms with E-state index in [0.29, 0.717) is 11.3 Å². The average molecular weight is 376 g/mol. The predicted molar refractivity (Wildman–Crippen MR) is 109 cm³/mol. The van der Waals surface area contributed by atoms with Crippen molar-refractivity contribution in [2.45, 2.75) is 13.0 Å². The molecular formula is C22H24N4O2. The number of para-hydroxylation sites is 1. The Morgan fingerprint density at radius 3 is 2.71 bits per heavy atom. The van der Waals surface area contributed by atoms with Crippen LogP contribution in [0.2, 0.25) is 0 Å². The summed E-state index contributed by atoms with van der Waals surface area (Å²) in [4.78, 5) is 24.5. The van der Waals surface area contributed by atoms with Crippen molar-refractivity contribution in [1.29, 1.82) is 0 Å². The van der Waals surface area contributed by atoms with Gasteiger partial charge in [0, 0.05) is 37.3 Å². The molecule has 1 fully saturated rings. The number of carbonyl (C=O) groups is 1. The van der Waals surface area contributed by atoms with E-state index in [9.17, 15) is 4.79 Å². The van der Waals surface area contributed by atoms with Crippen LogP contribution in [0, 0.1) is 0 Å². The second kappa shape index (κ2) is 8.46. The number of hydrogen-bond acceptors (Lipinski definition) is 5. The Morgan fingerprint density at radius 2 is 1.93 bits per heavy atom. The second-order valence-corrected chi connectivity index (χ2v) is 7.07. The molecule has 1 amide bonds. The highest BCUT2D eigenvalue weighted by molar-refractivity contribution is 6.07. The van der Waals surface area contributed by atoms with Crippen molar-refractivity contribution in [1.82, 2.24) is 20.2 Å². The zero-order chi connectivity index (χ0) is 19.3. The van der Waals surface area contributed by atoms with Crippen LogP contribution in [0.25, 0.3) is 22.3 Å². The molecule has 1 unspecified atom stereocenters. The van der Waals surface area contributed by atoms with E-state index in [-0.39, 0.29) is 11.9 Å². The van der Waals surface area contributed by atoms with Gasteiger partial charge in [-0.3, -0.25) is 14.7 Å². The van der Waals surface area contributed by atoms with E-state index < -0.39 is 0 Å². The molecule has 1 atom stereocenters. The maximum atomic E-state index is 13.1. The normalized spacial score (nSPS) is 16.0. The average Bonchev–Trinajstić information content (AvgIpc) is 2.74. The van der Waals surface area contributed by atoms with E-state index >= 15 is 0 Å². The number of morpholine rings is 1. The van der Waals surface area contributed by atoms with E-state index in [4.69, 9.17) is 9.72 Å². The van der Waals surface area contributed by atoms with Crippen molar-refractivity contribution in [2.75, 3.05) is 32.8 Å². The summed E-state index contributed by atoms with van der Waals surface area (Å²) in [6.45, 7) is 6.16. The fourth-order valence-corrected chi connectivity index (χ4v) is 3.53. The first-order chi connectivity index (χ1) is 13.7. The highest BCUT2D eigenvalue weighted by Crippen LogP contribution is 2.23. The number of fused-ring (bicyclic) bond motifs is 1. The fraction of sp³-hybridized carbons (Fsp3) is 0.318. The minimum absolute atomic E-state index is 0.0378. The maximum absolute atomic E-state index is 13.1. The van der Waals surface area contributed by atoms with Crippen LogP contribution in [0.3, 0.4) is 0 Å². The largest absolute Gasteiger partial charge is 0.379 e. The zero-order valence-corrected chi connectivity index (χ0v) is 16.0. The number of pyridine rings is 2. The van der Waals surface area contributed by atoms with Gasteiger partial charge in [-0.05, 0) is 31.2 Å². The third-order valence-corrected chi connectivity index (χ3v) is 4.90. The zero-order valence-electron chi connectivity index (χ0n) is 16.0.